The number of nitrogens with one attached hydrogen (secondary N) is 1. The van der Waals surface area contributed by atoms with Crippen molar-refractivity contribution in [2.75, 3.05) is 11.9 Å². The van der Waals surface area contributed by atoms with Crippen molar-refractivity contribution in [2.24, 2.45) is 0 Å². The van der Waals surface area contributed by atoms with Gasteiger partial charge in [0.1, 0.15) is 5.82 Å². The first-order valence-corrected chi connectivity index (χ1v) is 4.89. The number of aromatic nitrogens is 2. The zero-order chi connectivity index (χ0) is 10.6. The molecule has 1 rings (SSSR count). The van der Waals surface area contributed by atoms with Crippen molar-refractivity contribution in [3.63, 3.8) is 0 Å². The highest BCUT2D eigenvalue weighted by atomic mass is 16.3. The first kappa shape index (κ1) is 10.9. The summed E-state index contributed by atoms with van der Waals surface area (Å²) in [7, 11) is 0. The lowest BCUT2D eigenvalue weighted by molar-refractivity contribution is 0.276. The van der Waals surface area contributed by atoms with Gasteiger partial charge in [-0.1, -0.05) is 13.8 Å². The van der Waals surface area contributed by atoms with Gasteiger partial charge in [0.05, 0.1) is 24.2 Å². The van der Waals surface area contributed by atoms with E-state index in [1.807, 2.05) is 20.8 Å². The van der Waals surface area contributed by atoms with Gasteiger partial charge in [-0.15, -0.1) is 0 Å². The summed E-state index contributed by atoms with van der Waals surface area (Å²) in [4.78, 5) is 8.51. The van der Waals surface area contributed by atoms with Gasteiger partial charge in [-0.2, -0.15) is 0 Å². The van der Waals surface area contributed by atoms with Crippen LogP contribution in [0.1, 0.15) is 38.2 Å². The highest BCUT2D eigenvalue weighted by Gasteiger charge is 2.07. The Balaban J connectivity index is 2.98. The van der Waals surface area contributed by atoms with Gasteiger partial charge < -0.3 is 10.4 Å². The van der Waals surface area contributed by atoms with Crippen LogP contribution in [0.5, 0.6) is 0 Å². The molecule has 0 unspecified atom stereocenters. The molecule has 1 heterocycles. The Hall–Kier alpha value is -1.16. The minimum absolute atomic E-state index is 0.0510. The Morgan fingerprint density at radius 3 is 2.71 bits per heavy atom. The lowest BCUT2D eigenvalue weighted by Gasteiger charge is -2.10. The van der Waals surface area contributed by atoms with Gasteiger partial charge in [-0.05, 0) is 6.92 Å². The van der Waals surface area contributed by atoms with Crippen molar-refractivity contribution >= 4 is 5.69 Å². The molecule has 1 aromatic heterocycles. The summed E-state index contributed by atoms with van der Waals surface area (Å²) in [6, 6.07) is 0. The normalized spacial score (nSPS) is 10.6. The maximum absolute atomic E-state index is 9.12. The number of rotatable bonds is 4. The van der Waals surface area contributed by atoms with Crippen molar-refractivity contribution < 1.29 is 5.11 Å². The molecule has 0 saturated carbocycles. The lowest BCUT2D eigenvalue weighted by atomic mass is 10.2. The summed E-state index contributed by atoms with van der Waals surface area (Å²) < 4.78 is 0. The van der Waals surface area contributed by atoms with Crippen LogP contribution in [0, 0.1) is 0 Å². The fourth-order valence-electron chi connectivity index (χ4n) is 1.17. The molecular formula is C10H17N3O. The number of hydrogen-bond donors (Lipinski definition) is 2. The molecule has 0 aliphatic carbocycles. The Kier molecular flexibility index (Phi) is 3.83. The third-order valence-corrected chi connectivity index (χ3v) is 1.92. The van der Waals surface area contributed by atoms with E-state index in [-0.39, 0.29) is 12.5 Å². The third-order valence-electron chi connectivity index (χ3n) is 1.92. The Morgan fingerprint density at radius 2 is 2.21 bits per heavy atom. The average molecular weight is 195 g/mol. The van der Waals surface area contributed by atoms with E-state index in [0.29, 0.717) is 5.69 Å². The molecule has 0 saturated heterocycles. The quantitative estimate of drug-likeness (QED) is 0.764. The fraction of sp³-hybridized carbons (Fsp3) is 0.600. The molecule has 2 N–H and O–H groups in total. The number of aliphatic hydroxyl groups is 1. The van der Waals surface area contributed by atoms with Gasteiger partial charge >= 0.3 is 0 Å². The molecule has 0 aliphatic rings. The van der Waals surface area contributed by atoms with Crippen molar-refractivity contribution in [3.05, 3.63) is 17.7 Å². The summed E-state index contributed by atoms with van der Waals surface area (Å²) in [5.41, 5.74) is 1.49. The molecule has 0 amide bonds. The number of aliphatic hydroxyl groups excluding tert-OH is 1. The van der Waals surface area contributed by atoms with Crippen molar-refractivity contribution in [2.45, 2.75) is 33.3 Å². The second-order valence-electron chi connectivity index (χ2n) is 3.43. The largest absolute Gasteiger partial charge is 0.390 e. The van der Waals surface area contributed by atoms with E-state index in [4.69, 9.17) is 5.11 Å². The van der Waals surface area contributed by atoms with E-state index in [0.717, 1.165) is 18.1 Å². The zero-order valence-corrected chi connectivity index (χ0v) is 8.91. The van der Waals surface area contributed by atoms with Gasteiger partial charge in [0.25, 0.3) is 0 Å². The van der Waals surface area contributed by atoms with Crippen LogP contribution >= 0.6 is 0 Å². The van der Waals surface area contributed by atoms with Crippen LogP contribution in [0.3, 0.4) is 0 Å². The van der Waals surface area contributed by atoms with Crippen LogP contribution in [-0.4, -0.2) is 21.6 Å². The Morgan fingerprint density at radius 1 is 1.50 bits per heavy atom. The van der Waals surface area contributed by atoms with Crippen LogP contribution < -0.4 is 5.32 Å². The smallest absolute Gasteiger partial charge is 0.131 e. The maximum atomic E-state index is 9.12. The van der Waals surface area contributed by atoms with Crippen LogP contribution in [-0.2, 0) is 6.61 Å². The van der Waals surface area contributed by atoms with Crippen LogP contribution in [0.25, 0.3) is 0 Å². The average Bonchev–Trinajstić information content (AvgIpc) is 2.18. The Labute approximate surface area is 84.4 Å². The van der Waals surface area contributed by atoms with Gasteiger partial charge in [0.2, 0.25) is 0 Å². The third kappa shape index (κ3) is 2.42. The fourth-order valence-corrected chi connectivity index (χ4v) is 1.17. The van der Waals surface area contributed by atoms with E-state index in [1.54, 1.807) is 6.20 Å². The molecule has 0 aliphatic heterocycles. The number of nitrogens with zero attached hydrogens (tertiary/aromatic N) is 2. The first-order valence-electron chi connectivity index (χ1n) is 4.89. The SMILES string of the molecule is CCNc1cnc(C(C)C)nc1CO. The molecule has 0 bridgehead atoms. The molecule has 4 nitrogen and oxygen atoms in total. The van der Waals surface area contributed by atoms with Gasteiger partial charge in [-0.25, -0.2) is 9.97 Å². The Bertz CT molecular complexity index is 299. The molecule has 78 valence electrons. The van der Waals surface area contributed by atoms with E-state index in [2.05, 4.69) is 15.3 Å². The molecule has 0 aromatic carbocycles. The van der Waals surface area contributed by atoms with Gasteiger partial charge in [0, 0.05) is 12.5 Å². The van der Waals surface area contributed by atoms with Crippen LogP contribution in [0.15, 0.2) is 6.20 Å². The van der Waals surface area contributed by atoms with Gasteiger partial charge in [0.15, 0.2) is 0 Å². The minimum Gasteiger partial charge on any atom is -0.390 e. The van der Waals surface area contributed by atoms with Crippen molar-refractivity contribution in [1.82, 2.24) is 9.97 Å². The summed E-state index contributed by atoms with van der Waals surface area (Å²) >= 11 is 0. The number of anilines is 1. The molecule has 0 spiro atoms. The first-order chi connectivity index (χ1) is 6.69. The molecule has 4 heteroatoms. The lowest BCUT2D eigenvalue weighted by Crippen LogP contribution is -2.07. The minimum atomic E-state index is -0.0510. The molecule has 14 heavy (non-hydrogen) atoms. The summed E-state index contributed by atoms with van der Waals surface area (Å²) in [5.74, 6) is 1.06. The molecule has 0 fully saturated rings. The highest BCUT2D eigenvalue weighted by molar-refractivity contribution is 5.45. The molecular weight excluding hydrogens is 178 g/mol. The van der Waals surface area contributed by atoms with Crippen LogP contribution in [0.2, 0.25) is 0 Å². The number of hydrogen-bond acceptors (Lipinski definition) is 4. The van der Waals surface area contributed by atoms with E-state index >= 15 is 0 Å². The second-order valence-corrected chi connectivity index (χ2v) is 3.43. The van der Waals surface area contributed by atoms with Crippen LogP contribution in [0.4, 0.5) is 5.69 Å². The molecule has 0 radical (unpaired) electrons. The van der Waals surface area contributed by atoms with E-state index in [1.165, 1.54) is 0 Å². The van der Waals surface area contributed by atoms with Crippen molar-refractivity contribution in [3.8, 4) is 0 Å². The standard InChI is InChI=1S/C10H17N3O/c1-4-11-8-5-12-10(7(2)3)13-9(8)6-14/h5,7,11,14H,4,6H2,1-3H3. The summed E-state index contributed by atoms with van der Waals surface area (Å²) in [5, 5.41) is 12.2. The maximum Gasteiger partial charge on any atom is 0.131 e. The van der Waals surface area contributed by atoms with Gasteiger partial charge in [-0.3, -0.25) is 0 Å². The van der Waals surface area contributed by atoms with E-state index in [9.17, 15) is 0 Å². The summed E-state index contributed by atoms with van der Waals surface area (Å²) in [6.45, 7) is 6.81. The second kappa shape index (κ2) is 4.91. The molecule has 1 aromatic rings. The van der Waals surface area contributed by atoms with Crippen molar-refractivity contribution in [1.29, 1.82) is 0 Å². The predicted molar refractivity (Wildman–Crippen MR) is 56.2 cm³/mol. The predicted octanol–water partition coefficient (Wildman–Crippen LogP) is 1.52. The summed E-state index contributed by atoms with van der Waals surface area (Å²) in [6.07, 6.45) is 1.73. The zero-order valence-electron chi connectivity index (χ0n) is 8.91. The monoisotopic (exact) mass is 195 g/mol. The van der Waals surface area contributed by atoms with E-state index < -0.39 is 0 Å². The topological polar surface area (TPSA) is 58.0 Å². The molecule has 0 atom stereocenters. The highest BCUT2D eigenvalue weighted by Crippen LogP contribution is 2.15.